The highest BCUT2D eigenvalue weighted by Gasteiger charge is 2.41. The number of fused-ring (bicyclic) bond motifs is 6. The lowest BCUT2D eigenvalue weighted by molar-refractivity contribution is -0.132. The molecule has 0 N–H and O–H groups in total. The van der Waals surface area contributed by atoms with Gasteiger partial charge in [0.2, 0.25) is 0 Å². The highest BCUT2D eigenvalue weighted by atomic mass is 35.5. The monoisotopic (exact) mass is 1850 g/mol. The Bertz CT molecular complexity index is 6110. The average Bonchev–Trinajstić information content (AvgIpc) is 0.764. The van der Waals surface area contributed by atoms with E-state index in [2.05, 4.69) is 127 Å². The van der Waals surface area contributed by atoms with Crippen LogP contribution >= 0.6 is 34.8 Å². The van der Waals surface area contributed by atoms with Crippen molar-refractivity contribution in [1.29, 1.82) is 15.8 Å². The summed E-state index contributed by atoms with van der Waals surface area (Å²) in [4.78, 5) is 92.0. The minimum atomic E-state index is -1.09. The zero-order chi connectivity index (χ0) is 91.5. The Morgan fingerprint density at radius 2 is 0.871 bits per heavy atom. The molecule has 0 saturated carbocycles. The van der Waals surface area contributed by atoms with Crippen LogP contribution in [0.3, 0.4) is 0 Å². The van der Waals surface area contributed by atoms with Crippen LogP contribution in [-0.2, 0) is 80.3 Å². The van der Waals surface area contributed by atoms with Crippen LogP contribution in [0.4, 0.5) is 47.7 Å². The number of benzene rings is 6. The summed E-state index contributed by atoms with van der Waals surface area (Å²) in [7, 11) is 0. The number of hydrogen-bond donors (Lipinski definition) is 0. The maximum atomic E-state index is 14.7. The number of carbonyl (C=O) groups excluding carboxylic acids is 3. The van der Waals surface area contributed by atoms with E-state index in [0.717, 1.165) is 94.3 Å². The van der Waals surface area contributed by atoms with Gasteiger partial charge in [0.1, 0.15) is 42.9 Å². The number of morpholine rings is 2. The first-order valence-electron chi connectivity index (χ1n) is 45.1. The summed E-state index contributed by atoms with van der Waals surface area (Å²) >= 11 is 21.4. The Hall–Kier alpha value is -11.9. The Labute approximate surface area is 778 Å². The number of amides is 3. The number of hydrogen-bond acceptors (Lipinski definition) is 26. The molecule has 6 aromatic carbocycles. The fourth-order valence-corrected chi connectivity index (χ4v) is 21.0. The van der Waals surface area contributed by atoms with E-state index in [-0.39, 0.29) is 120 Å². The number of rotatable bonds is 27. The Kier molecular flexibility index (Phi) is 27.4. The van der Waals surface area contributed by atoms with Gasteiger partial charge in [0.15, 0.2) is 17.5 Å². The van der Waals surface area contributed by atoms with E-state index in [1.54, 1.807) is 0 Å². The summed E-state index contributed by atoms with van der Waals surface area (Å²) in [6, 6.07) is 38.0. The van der Waals surface area contributed by atoms with Crippen molar-refractivity contribution in [2.75, 3.05) is 187 Å². The third-order valence-corrected chi connectivity index (χ3v) is 27.8. The zero-order valence-corrected chi connectivity index (χ0v) is 75.8. The van der Waals surface area contributed by atoms with Crippen molar-refractivity contribution in [3.05, 3.63) is 194 Å². The fraction of sp³-hybridized carbons (Fsp3) is 0.443. The van der Waals surface area contributed by atoms with Crippen LogP contribution in [0, 0.1) is 39.9 Å². The summed E-state index contributed by atoms with van der Waals surface area (Å²) in [5.41, 5.74) is 10.1. The van der Waals surface area contributed by atoms with Gasteiger partial charge in [-0.1, -0.05) is 115 Å². The summed E-state index contributed by atoms with van der Waals surface area (Å²) in [5, 5.41) is 37.5. The molecule has 29 nitrogen and oxygen atoms in total. The third-order valence-electron chi connectivity index (χ3n) is 26.9. The van der Waals surface area contributed by atoms with Crippen molar-refractivity contribution in [1.82, 2.24) is 54.4 Å². The second-order valence-electron chi connectivity index (χ2n) is 35.3. The standard InChI is InChI=1S/C97H102Cl3F3N20O9/c1-59(114-38-40-129-73(50-114)58-132-97-108-80-51-115(83-16-8-10-66-9-5-13-77(98)86(66)83)28-21-74(80)90(112-97)119-32-35-122(93(125)61(3)102)70(47-119)18-25-105)41-64-43-68-12-7-15-79(100)88(68)85(45-64)117-30-23-76-82(53-117)109-96(111-91(76)120-33-36-123(94(126)62(4)103)71(48-120)19-26-106)131-57-72-49-113(37-39-128-72)27-20-63-42-67-11-6-14-78(99)87(67)84(44-63)116-29-22-75-81(52-116)107-95(130-56-65-54-127-55-65)110-89(75)118-31-34-121(92(124)60(2)101)69(46-118)17-24-104/h5-16,42-45,59,65,69-73H,2-4,17-23,27-41,46-58H2,1H3/t59?,69-,70-,71-,72?,73?/m0/s1. The van der Waals surface area contributed by atoms with Crippen LogP contribution < -0.4 is 43.6 Å². The number of anilines is 6. The van der Waals surface area contributed by atoms with Crippen molar-refractivity contribution in [3.8, 4) is 36.2 Å². The van der Waals surface area contributed by atoms with Crippen LogP contribution in [0.5, 0.6) is 18.0 Å². The summed E-state index contributed by atoms with van der Waals surface area (Å²) in [6.07, 6.45) is 2.20. The predicted molar refractivity (Wildman–Crippen MR) is 497 cm³/mol. The van der Waals surface area contributed by atoms with Gasteiger partial charge in [-0.3, -0.25) is 24.2 Å². The zero-order valence-electron chi connectivity index (χ0n) is 73.5. The maximum Gasteiger partial charge on any atom is 0.318 e. The van der Waals surface area contributed by atoms with Gasteiger partial charge in [-0.25, -0.2) is 13.2 Å². The minimum absolute atomic E-state index is 0.00229. The van der Waals surface area contributed by atoms with E-state index in [0.29, 0.717) is 183 Å². The van der Waals surface area contributed by atoms with E-state index in [9.17, 15) is 43.3 Å². The van der Waals surface area contributed by atoms with Crippen LogP contribution in [0.25, 0.3) is 32.3 Å². The second kappa shape index (κ2) is 39.9. The number of ether oxygens (including phenoxy) is 6. The van der Waals surface area contributed by atoms with Gasteiger partial charge in [-0.2, -0.15) is 45.7 Å². The molecule has 3 amide bonds. The first-order valence-corrected chi connectivity index (χ1v) is 46.2. The number of piperazine rings is 3. The van der Waals surface area contributed by atoms with E-state index < -0.39 is 53.3 Å². The van der Waals surface area contributed by atoms with Crippen molar-refractivity contribution in [2.45, 2.75) is 114 Å². The molecule has 6 fully saturated rings. The summed E-state index contributed by atoms with van der Waals surface area (Å²) < 4.78 is 81.5. The second-order valence-corrected chi connectivity index (χ2v) is 36.5. The molecule has 3 unspecified atom stereocenters. The molecule has 12 heterocycles. The van der Waals surface area contributed by atoms with Crippen LogP contribution in [0.1, 0.15) is 71.1 Å². The lowest BCUT2D eigenvalue weighted by atomic mass is 9.97. The van der Waals surface area contributed by atoms with Crippen molar-refractivity contribution in [2.24, 2.45) is 5.92 Å². The lowest BCUT2D eigenvalue weighted by Crippen LogP contribution is -2.55. The van der Waals surface area contributed by atoms with E-state index >= 15 is 0 Å². The number of nitrogens with zero attached hydrogens (tertiary/aromatic N) is 20. The molecule has 9 aliphatic heterocycles. The minimum Gasteiger partial charge on any atom is -0.463 e. The molecule has 0 bridgehead atoms. The summed E-state index contributed by atoms with van der Waals surface area (Å²) in [5.74, 6) is -3.63. The molecule has 18 rings (SSSR count). The molecule has 0 spiro atoms. The fourth-order valence-electron chi connectivity index (χ4n) is 20.1. The molecule has 686 valence electrons. The molecule has 6 atom stereocenters. The molecule has 3 aromatic heterocycles. The molecule has 35 heteroatoms. The lowest BCUT2D eigenvalue weighted by Gasteiger charge is -2.42. The highest BCUT2D eigenvalue weighted by Crippen LogP contribution is 2.44. The van der Waals surface area contributed by atoms with Crippen molar-refractivity contribution in [3.63, 3.8) is 0 Å². The van der Waals surface area contributed by atoms with Gasteiger partial charge < -0.3 is 72.5 Å². The number of aromatic nitrogens is 6. The van der Waals surface area contributed by atoms with Crippen LogP contribution in [0.15, 0.2) is 134 Å². The normalized spacial score (nSPS) is 20.5. The number of carbonyl (C=O) groups is 3. The van der Waals surface area contributed by atoms with Gasteiger partial charge in [-0.05, 0) is 103 Å². The Morgan fingerprint density at radius 3 is 1.31 bits per heavy atom. The smallest absolute Gasteiger partial charge is 0.318 e. The number of nitriles is 3. The number of halogens is 6. The van der Waals surface area contributed by atoms with Gasteiger partial charge in [0.05, 0.1) is 140 Å². The van der Waals surface area contributed by atoms with Crippen LogP contribution in [-0.4, -0.2) is 266 Å². The quantitative estimate of drug-likeness (QED) is 0.0432. The molecule has 9 aromatic rings. The molecule has 9 aliphatic rings. The van der Waals surface area contributed by atoms with Gasteiger partial charge in [0.25, 0.3) is 17.7 Å². The molecule has 6 saturated heterocycles. The van der Waals surface area contributed by atoms with Gasteiger partial charge in [0, 0.05) is 173 Å². The Balaban J connectivity index is 0.566. The summed E-state index contributed by atoms with van der Waals surface area (Å²) in [6.45, 7) is 22.9. The van der Waals surface area contributed by atoms with E-state index in [1.165, 1.54) is 14.7 Å². The topological polar surface area (TPSA) is 291 Å². The van der Waals surface area contributed by atoms with Crippen molar-refractivity contribution >= 4 is 119 Å². The average molecular weight is 1860 g/mol. The molecule has 132 heavy (non-hydrogen) atoms. The van der Waals surface area contributed by atoms with Crippen LogP contribution in [0.2, 0.25) is 15.1 Å². The van der Waals surface area contributed by atoms with Crippen molar-refractivity contribution < 1.29 is 56.0 Å². The Morgan fingerprint density at radius 1 is 0.470 bits per heavy atom. The predicted octanol–water partition coefficient (Wildman–Crippen LogP) is 12.5. The highest BCUT2D eigenvalue weighted by molar-refractivity contribution is 6.38. The van der Waals surface area contributed by atoms with Gasteiger partial charge >= 0.3 is 18.0 Å². The SMILES string of the molecule is C=C(F)C(=O)N1CCN(c2nc(OCC3COC3)nc3c2CCN(c2cc(CCN4CCOC(COc5nc6c(c(N7CCN(C(=O)C(=C)F)[C@@H](CC#N)C7)n5)CCN(c5cc(CC(C)N7CCOC(COc8nc9c(c(N%10CCN(C(=O)C(=C)F)[C@@H](CC#N)C%10)n8)CCN(c8cccc%10cccc(Cl)c8%10)C9)C7)cc7cccc(Cl)c57)C6)C4)cc4cccc(Cl)c24)C3)C[C@@H]1CC#N. The van der Waals surface area contributed by atoms with E-state index in [4.69, 9.17) is 93.1 Å². The third kappa shape index (κ3) is 19.4. The maximum absolute atomic E-state index is 14.7. The first kappa shape index (κ1) is 90.6. The van der Waals surface area contributed by atoms with E-state index in [1.807, 2.05) is 54.6 Å². The molecular formula is C97H102Cl3F3N20O9. The first-order chi connectivity index (χ1) is 64.1. The molecular weight excluding hydrogens is 1750 g/mol. The van der Waals surface area contributed by atoms with Gasteiger partial charge in [-0.15, -0.1) is 0 Å². The molecule has 0 radical (unpaired) electrons. The molecule has 0 aliphatic carbocycles. The largest absolute Gasteiger partial charge is 0.463 e.